The summed E-state index contributed by atoms with van der Waals surface area (Å²) in [5.74, 6) is 1.01. The number of nitrogens with one attached hydrogen (secondary N) is 1. The monoisotopic (exact) mass is 264 g/mol. The van der Waals surface area contributed by atoms with Crippen LogP contribution in [0.5, 0.6) is 0 Å². The summed E-state index contributed by atoms with van der Waals surface area (Å²) in [4.78, 5) is 15.7. The fraction of sp³-hybridized carbons (Fsp3) is 0.643. The highest BCUT2D eigenvalue weighted by atomic mass is 32.1. The van der Waals surface area contributed by atoms with E-state index in [1.54, 1.807) is 11.3 Å². The minimum Gasteiger partial charge on any atom is -0.317 e. The van der Waals surface area contributed by atoms with Gasteiger partial charge in [0.25, 0.3) is 0 Å². The van der Waals surface area contributed by atoms with Crippen molar-refractivity contribution in [3.8, 4) is 0 Å². The number of rotatable bonds is 4. The molecular weight excluding hydrogens is 244 g/mol. The van der Waals surface area contributed by atoms with Gasteiger partial charge in [-0.2, -0.15) is 0 Å². The Balaban J connectivity index is 1.79. The number of carbonyl (C=O) groups is 1. The summed E-state index contributed by atoms with van der Waals surface area (Å²) in [6, 6.07) is 4.61. The molecule has 2 aliphatic rings. The van der Waals surface area contributed by atoms with Crippen molar-refractivity contribution in [1.82, 2.24) is 10.2 Å². The third-order valence-electron chi connectivity index (χ3n) is 4.03. The summed E-state index contributed by atoms with van der Waals surface area (Å²) in [5.41, 5.74) is 0. The quantitative estimate of drug-likeness (QED) is 0.907. The van der Waals surface area contributed by atoms with Crippen LogP contribution in [0.15, 0.2) is 17.5 Å². The molecule has 1 saturated heterocycles. The average Bonchev–Trinajstić information content (AvgIpc) is 2.79. The van der Waals surface area contributed by atoms with Gasteiger partial charge in [0.15, 0.2) is 0 Å². The van der Waals surface area contributed by atoms with E-state index in [0.717, 1.165) is 5.92 Å². The molecule has 0 radical (unpaired) electrons. The molecule has 2 heterocycles. The lowest BCUT2D eigenvalue weighted by atomic mass is 10.2. The van der Waals surface area contributed by atoms with Crippen LogP contribution >= 0.6 is 11.3 Å². The van der Waals surface area contributed by atoms with Crippen molar-refractivity contribution in [1.29, 1.82) is 0 Å². The standard InChI is InChI=1S/C14H20N2OS/c1-3-5-10-8-11(10)16-13(12-6-4-7-18-12)15-9(2)14(16)17/h4,6-7,9-11,13,15H,3,5,8H2,1-2H3. The van der Waals surface area contributed by atoms with Gasteiger partial charge in [-0.05, 0) is 37.1 Å². The molecule has 3 nitrogen and oxygen atoms in total. The molecule has 4 atom stereocenters. The van der Waals surface area contributed by atoms with Crippen molar-refractivity contribution in [3.63, 3.8) is 0 Å². The third kappa shape index (κ3) is 1.97. The maximum absolute atomic E-state index is 12.3. The third-order valence-corrected chi connectivity index (χ3v) is 4.95. The second-order valence-corrected chi connectivity index (χ2v) is 6.38. The molecule has 1 aliphatic heterocycles. The first-order valence-electron chi connectivity index (χ1n) is 6.84. The summed E-state index contributed by atoms with van der Waals surface area (Å²) >= 11 is 1.73. The van der Waals surface area contributed by atoms with Crippen LogP contribution in [0.2, 0.25) is 0 Å². The molecule has 1 aromatic rings. The number of nitrogens with zero attached hydrogens (tertiary/aromatic N) is 1. The van der Waals surface area contributed by atoms with Gasteiger partial charge in [0.1, 0.15) is 6.17 Å². The van der Waals surface area contributed by atoms with E-state index < -0.39 is 0 Å². The first kappa shape index (κ1) is 12.2. The zero-order valence-electron chi connectivity index (χ0n) is 10.9. The first-order chi connectivity index (χ1) is 8.72. The molecule has 0 spiro atoms. The molecule has 98 valence electrons. The van der Waals surface area contributed by atoms with Crippen LogP contribution in [0.1, 0.15) is 44.2 Å². The Morgan fingerprint density at radius 2 is 2.39 bits per heavy atom. The van der Waals surface area contributed by atoms with E-state index in [9.17, 15) is 4.79 Å². The lowest BCUT2D eigenvalue weighted by molar-refractivity contribution is -0.130. The predicted molar refractivity (Wildman–Crippen MR) is 73.3 cm³/mol. The largest absolute Gasteiger partial charge is 0.317 e. The maximum Gasteiger partial charge on any atom is 0.241 e. The summed E-state index contributed by atoms with van der Waals surface area (Å²) in [6.07, 6.45) is 3.77. The molecule has 4 heteroatoms. The molecule has 0 aromatic carbocycles. The Kier molecular flexibility index (Phi) is 3.16. The lowest BCUT2D eigenvalue weighted by Gasteiger charge is -2.23. The number of amides is 1. The van der Waals surface area contributed by atoms with E-state index >= 15 is 0 Å². The summed E-state index contributed by atoms with van der Waals surface area (Å²) in [7, 11) is 0. The number of carbonyl (C=O) groups excluding carboxylic acids is 1. The van der Waals surface area contributed by atoms with E-state index in [2.05, 4.69) is 34.7 Å². The number of thiophene rings is 1. The molecule has 1 aliphatic carbocycles. The highest BCUT2D eigenvalue weighted by molar-refractivity contribution is 7.10. The molecule has 0 bridgehead atoms. The van der Waals surface area contributed by atoms with Gasteiger partial charge in [-0.1, -0.05) is 19.4 Å². The zero-order chi connectivity index (χ0) is 12.7. The Labute approximate surface area is 112 Å². The van der Waals surface area contributed by atoms with Crippen LogP contribution in [-0.2, 0) is 4.79 Å². The minimum absolute atomic E-state index is 0.0417. The zero-order valence-corrected chi connectivity index (χ0v) is 11.7. The van der Waals surface area contributed by atoms with Crippen molar-refractivity contribution >= 4 is 17.2 Å². The van der Waals surface area contributed by atoms with Gasteiger partial charge in [0.05, 0.1) is 6.04 Å². The molecule has 1 aromatic heterocycles. The molecule has 1 N–H and O–H groups in total. The second-order valence-electron chi connectivity index (χ2n) is 5.40. The van der Waals surface area contributed by atoms with E-state index in [0.29, 0.717) is 6.04 Å². The topological polar surface area (TPSA) is 32.3 Å². The molecule has 1 saturated carbocycles. The Morgan fingerprint density at radius 1 is 1.56 bits per heavy atom. The number of hydrogen-bond donors (Lipinski definition) is 1. The van der Waals surface area contributed by atoms with Gasteiger partial charge < -0.3 is 4.90 Å². The van der Waals surface area contributed by atoms with Crippen molar-refractivity contribution in [2.75, 3.05) is 0 Å². The molecule has 2 fully saturated rings. The Hall–Kier alpha value is -0.870. The highest BCUT2D eigenvalue weighted by Crippen LogP contribution is 2.45. The van der Waals surface area contributed by atoms with Crippen LogP contribution in [0.4, 0.5) is 0 Å². The summed E-state index contributed by atoms with van der Waals surface area (Å²) < 4.78 is 0. The second kappa shape index (κ2) is 4.67. The lowest BCUT2D eigenvalue weighted by Crippen LogP contribution is -2.33. The normalized spacial score (nSPS) is 35.2. The van der Waals surface area contributed by atoms with E-state index in [4.69, 9.17) is 0 Å². The van der Waals surface area contributed by atoms with Crippen LogP contribution in [-0.4, -0.2) is 22.9 Å². The van der Waals surface area contributed by atoms with Crippen LogP contribution < -0.4 is 5.32 Å². The molecule has 4 unspecified atom stereocenters. The van der Waals surface area contributed by atoms with E-state index in [-0.39, 0.29) is 18.1 Å². The number of hydrogen-bond acceptors (Lipinski definition) is 3. The van der Waals surface area contributed by atoms with Crippen LogP contribution in [0, 0.1) is 5.92 Å². The fourth-order valence-corrected chi connectivity index (χ4v) is 3.80. The van der Waals surface area contributed by atoms with Crippen LogP contribution in [0.3, 0.4) is 0 Å². The van der Waals surface area contributed by atoms with Crippen molar-refractivity contribution in [2.24, 2.45) is 5.92 Å². The molecule has 1 amide bonds. The van der Waals surface area contributed by atoms with Crippen molar-refractivity contribution in [2.45, 2.75) is 51.4 Å². The van der Waals surface area contributed by atoms with E-state index in [1.165, 1.54) is 24.1 Å². The van der Waals surface area contributed by atoms with Gasteiger partial charge >= 0.3 is 0 Å². The van der Waals surface area contributed by atoms with Gasteiger partial charge in [-0.25, -0.2) is 0 Å². The maximum atomic E-state index is 12.3. The van der Waals surface area contributed by atoms with Crippen molar-refractivity contribution < 1.29 is 4.79 Å². The first-order valence-corrected chi connectivity index (χ1v) is 7.72. The van der Waals surface area contributed by atoms with Crippen LogP contribution in [0.25, 0.3) is 0 Å². The molecular formula is C14H20N2OS. The summed E-state index contributed by atoms with van der Waals surface area (Å²) in [6.45, 7) is 4.19. The summed E-state index contributed by atoms with van der Waals surface area (Å²) in [5, 5.41) is 5.51. The smallest absolute Gasteiger partial charge is 0.241 e. The predicted octanol–water partition coefficient (Wildman–Crippen LogP) is 2.76. The Morgan fingerprint density at radius 3 is 3.06 bits per heavy atom. The Bertz CT molecular complexity index is 431. The van der Waals surface area contributed by atoms with Gasteiger partial charge in [0, 0.05) is 10.9 Å². The SMILES string of the molecule is CCCC1CC1N1C(=O)C(C)NC1c1cccs1. The van der Waals surface area contributed by atoms with E-state index in [1.807, 2.05) is 6.92 Å². The fourth-order valence-electron chi connectivity index (χ4n) is 3.01. The highest BCUT2D eigenvalue weighted by Gasteiger charge is 2.50. The molecule has 18 heavy (non-hydrogen) atoms. The van der Waals surface area contributed by atoms with Crippen molar-refractivity contribution in [3.05, 3.63) is 22.4 Å². The van der Waals surface area contributed by atoms with Gasteiger partial charge in [-0.15, -0.1) is 11.3 Å². The van der Waals surface area contributed by atoms with Gasteiger partial charge in [-0.3, -0.25) is 10.1 Å². The van der Waals surface area contributed by atoms with Gasteiger partial charge in [0.2, 0.25) is 5.91 Å². The molecule has 3 rings (SSSR count). The average molecular weight is 264 g/mol. The minimum atomic E-state index is -0.0417.